The molecule has 0 fully saturated rings. The highest BCUT2D eigenvalue weighted by Crippen LogP contribution is 2.27. The van der Waals surface area contributed by atoms with Crippen LogP contribution in [0.25, 0.3) is 11.6 Å². The standard InChI is InChI=1S/C15H10ClNO2/c16-13-4-2-11(3-5-13)12(9-17)7-10-1-6-14(18)15(19)8-10/h1-8,18-19H. The van der Waals surface area contributed by atoms with Crippen LogP contribution >= 0.6 is 11.6 Å². The second kappa shape index (κ2) is 5.47. The van der Waals surface area contributed by atoms with E-state index in [9.17, 15) is 15.5 Å². The summed E-state index contributed by atoms with van der Waals surface area (Å²) in [5.41, 5.74) is 1.81. The second-order valence-electron chi connectivity index (χ2n) is 3.92. The van der Waals surface area contributed by atoms with Gasteiger partial charge in [0.1, 0.15) is 0 Å². The van der Waals surface area contributed by atoms with Gasteiger partial charge in [0.05, 0.1) is 11.6 Å². The molecule has 3 nitrogen and oxygen atoms in total. The van der Waals surface area contributed by atoms with Crippen molar-refractivity contribution < 1.29 is 10.2 Å². The third kappa shape index (κ3) is 3.06. The van der Waals surface area contributed by atoms with Crippen LogP contribution in [0.3, 0.4) is 0 Å². The van der Waals surface area contributed by atoms with E-state index in [1.165, 1.54) is 12.1 Å². The molecule has 0 heterocycles. The molecule has 2 rings (SSSR count). The van der Waals surface area contributed by atoms with Gasteiger partial charge in [-0.3, -0.25) is 0 Å². The molecule has 4 heteroatoms. The van der Waals surface area contributed by atoms with Gasteiger partial charge in [0.15, 0.2) is 11.5 Å². The number of hydrogen-bond acceptors (Lipinski definition) is 3. The molecule has 0 aromatic heterocycles. The van der Waals surface area contributed by atoms with Gasteiger partial charge in [-0.05, 0) is 41.5 Å². The summed E-state index contributed by atoms with van der Waals surface area (Å²) >= 11 is 5.79. The van der Waals surface area contributed by atoms with Gasteiger partial charge >= 0.3 is 0 Å². The highest BCUT2D eigenvalue weighted by atomic mass is 35.5. The Balaban J connectivity index is 2.41. The maximum absolute atomic E-state index is 9.41. The van der Waals surface area contributed by atoms with E-state index in [4.69, 9.17) is 11.6 Å². The van der Waals surface area contributed by atoms with Crippen LogP contribution in [0.4, 0.5) is 0 Å². The average Bonchev–Trinajstić information content (AvgIpc) is 2.41. The van der Waals surface area contributed by atoms with Crippen LogP contribution in [0.15, 0.2) is 42.5 Å². The molecule has 94 valence electrons. The predicted octanol–water partition coefficient (Wildman–Crippen LogP) is 3.82. The van der Waals surface area contributed by atoms with Crippen molar-refractivity contribution in [2.24, 2.45) is 0 Å². The second-order valence-corrected chi connectivity index (χ2v) is 4.36. The molecule has 0 atom stereocenters. The van der Waals surface area contributed by atoms with Gasteiger partial charge in [0.2, 0.25) is 0 Å². The van der Waals surface area contributed by atoms with Crippen molar-refractivity contribution in [3.63, 3.8) is 0 Å². The number of benzene rings is 2. The smallest absolute Gasteiger partial charge is 0.157 e. The van der Waals surface area contributed by atoms with Crippen molar-refractivity contribution in [1.29, 1.82) is 5.26 Å². The number of phenols is 2. The van der Waals surface area contributed by atoms with Crippen LogP contribution < -0.4 is 0 Å². The van der Waals surface area contributed by atoms with Crippen LogP contribution in [-0.4, -0.2) is 10.2 Å². The van der Waals surface area contributed by atoms with Crippen molar-refractivity contribution in [1.82, 2.24) is 0 Å². The largest absolute Gasteiger partial charge is 0.504 e. The molecule has 19 heavy (non-hydrogen) atoms. The zero-order valence-corrected chi connectivity index (χ0v) is 10.6. The minimum Gasteiger partial charge on any atom is -0.504 e. The molecular weight excluding hydrogens is 262 g/mol. The molecule has 0 unspecified atom stereocenters. The summed E-state index contributed by atoms with van der Waals surface area (Å²) in [4.78, 5) is 0. The Morgan fingerprint density at radius 3 is 2.32 bits per heavy atom. The molecule has 0 saturated carbocycles. The minimum atomic E-state index is -0.220. The van der Waals surface area contributed by atoms with E-state index in [0.29, 0.717) is 16.2 Å². The van der Waals surface area contributed by atoms with Gasteiger partial charge in [-0.2, -0.15) is 5.26 Å². The predicted molar refractivity (Wildman–Crippen MR) is 74.7 cm³/mol. The normalized spacial score (nSPS) is 11.1. The van der Waals surface area contributed by atoms with Crippen molar-refractivity contribution in [2.75, 3.05) is 0 Å². The van der Waals surface area contributed by atoms with Gasteiger partial charge in [0, 0.05) is 5.02 Å². The first-order chi connectivity index (χ1) is 9.10. The molecule has 2 aromatic carbocycles. The number of nitriles is 1. The van der Waals surface area contributed by atoms with E-state index >= 15 is 0 Å². The Labute approximate surface area is 115 Å². The molecule has 0 aliphatic carbocycles. The van der Waals surface area contributed by atoms with Gasteiger partial charge in [-0.1, -0.05) is 29.8 Å². The number of halogens is 1. The maximum atomic E-state index is 9.41. The van der Waals surface area contributed by atoms with Crippen molar-refractivity contribution in [3.05, 3.63) is 58.6 Å². The monoisotopic (exact) mass is 271 g/mol. The molecule has 0 radical (unpaired) electrons. The lowest BCUT2D eigenvalue weighted by molar-refractivity contribution is 0.403. The van der Waals surface area contributed by atoms with E-state index in [-0.39, 0.29) is 11.5 Å². The topological polar surface area (TPSA) is 64.2 Å². The Morgan fingerprint density at radius 2 is 1.74 bits per heavy atom. The van der Waals surface area contributed by atoms with Crippen LogP contribution in [0.1, 0.15) is 11.1 Å². The first-order valence-electron chi connectivity index (χ1n) is 5.50. The van der Waals surface area contributed by atoms with Crippen molar-refractivity contribution in [3.8, 4) is 17.6 Å². The molecular formula is C15H10ClNO2. The van der Waals surface area contributed by atoms with Crippen molar-refractivity contribution in [2.45, 2.75) is 0 Å². The van der Waals surface area contributed by atoms with E-state index in [2.05, 4.69) is 6.07 Å². The van der Waals surface area contributed by atoms with E-state index in [0.717, 1.165) is 5.56 Å². The van der Waals surface area contributed by atoms with Gasteiger partial charge in [0.25, 0.3) is 0 Å². The molecule has 0 saturated heterocycles. The Morgan fingerprint density at radius 1 is 1.05 bits per heavy atom. The van der Waals surface area contributed by atoms with Crippen LogP contribution in [-0.2, 0) is 0 Å². The summed E-state index contributed by atoms with van der Waals surface area (Å²) in [6.45, 7) is 0. The van der Waals surface area contributed by atoms with E-state index < -0.39 is 0 Å². The number of phenolic OH excluding ortho intramolecular Hbond substituents is 2. The fraction of sp³-hybridized carbons (Fsp3) is 0. The number of rotatable bonds is 2. The van der Waals surface area contributed by atoms with Gasteiger partial charge in [-0.25, -0.2) is 0 Å². The summed E-state index contributed by atoms with van der Waals surface area (Å²) in [5.74, 6) is -0.413. The first kappa shape index (κ1) is 13.0. The van der Waals surface area contributed by atoms with Crippen molar-refractivity contribution >= 4 is 23.3 Å². The summed E-state index contributed by atoms with van der Waals surface area (Å²) in [5, 5.41) is 28.4. The molecule has 2 N–H and O–H groups in total. The van der Waals surface area contributed by atoms with E-state index in [1.54, 1.807) is 36.4 Å². The molecule has 0 amide bonds. The van der Waals surface area contributed by atoms with E-state index in [1.807, 2.05) is 0 Å². The lowest BCUT2D eigenvalue weighted by Gasteiger charge is -2.02. The average molecular weight is 272 g/mol. The van der Waals surface area contributed by atoms with Gasteiger partial charge < -0.3 is 10.2 Å². The quantitative estimate of drug-likeness (QED) is 0.496. The number of nitrogens with zero attached hydrogens (tertiary/aromatic N) is 1. The lowest BCUT2D eigenvalue weighted by atomic mass is 10.0. The zero-order chi connectivity index (χ0) is 13.8. The summed E-state index contributed by atoms with van der Waals surface area (Å²) in [7, 11) is 0. The number of hydrogen-bond donors (Lipinski definition) is 2. The zero-order valence-electron chi connectivity index (χ0n) is 9.84. The maximum Gasteiger partial charge on any atom is 0.157 e. The lowest BCUT2D eigenvalue weighted by Crippen LogP contribution is -1.82. The van der Waals surface area contributed by atoms with Crippen LogP contribution in [0, 0.1) is 11.3 Å². The Bertz CT molecular complexity index is 670. The summed E-state index contributed by atoms with van der Waals surface area (Å²) in [6, 6.07) is 13.4. The highest BCUT2D eigenvalue weighted by Gasteiger charge is 2.03. The Hall–Kier alpha value is -2.44. The van der Waals surface area contributed by atoms with Gasteiger partial charge in [-0.15, -0.1) is 0 Å². The molecule has 2 aromatic rings. The summed E-state index contributed by atoms with van der Waals surface area (Å²) in [6.07, 6.45) is 1.63. The fourth-order valence-electron chi connectivity index (χ4n) is 1.61. The SMILES string of the molecule is N#CC(=Cc1ccc(O)c(O)c1)c1ccc(Cl)cc1. The fourth-order valence-corrected chi connectivity index (χ4v) is 1.73. The minimum absolute atomic E-state index is 0.192. The number of aromatic hydroxyl groups is 2. The first-order valence-corrected chi connectivity index (χ1v) is 5.87. The highest BCUT2D eigenvalue weighted by molar-refractivity contribution is 6.30. The molecule has 0 bridgehead atoms. The molecule has 0 aliphatic heterocycles. The third-order valence-electron chi connectivity index (χ3n) is 2.59. The Kier molecular flexibility index (Phi) is 3.74. The summed E-state index contributed by atoms with van der Waals surface area (Å²) < 4.78 is 0. The molecule has 0 aliphatic rings. The number of allylic oxidation sites excluding steroid dienone is 1. The van der Waals surface area contributed by atoms with Crippen LogP contribution in [0.5, 0.6) is 11.5 Å². The molecule has 0 spiro atoms. The van der Waals surface area contributed by atoms with Crippen LogP contribution in [0.2, 0.25) is 5.02 Å². The third-order valence-corrected chi connectivity index (χ3v) is 2.84.